The van der Waals surface area contributed by atoms with Gasteiger partial charge in [0.1, 0.15) is 5.56 Å². The van der Waals surface area contributed by atoms with Gasteiger partial charge in [-0.15, -0.1) is 13.2 Å². The summed E-state index contributed by atoms with van der Waals surface area (Å²) in [6.07, 6.45) is -4.02. The molecule has 1 rings (SSSR count). The highest BCUT2D eigenvalue weighted by molar-refractivity contribution is 6.68. The van der Waals surface area contributed by atoms with Gasteiger partial charge in [-0.2, -0.15) is 0 Å². The van der Waals surface area contributed by atoms with Crippen LogP contribution in [0.4, 0.5) is 13.2 Å². The van der Waals surface area contributed by atoms with E-state index in [1.165, 1.54) is 6.92 Å². The van der Waals surface area contributed by atoms with E-state index < -0.39 is 28.5 Å². The monoisotopic (exact) mass is 255 g/mol. The van der Waals surface area contributed by atoms with Crippen LogP contribution in [0.25, 0.3) is 0 Å². The van der Waals surface area contributed by atoms with Gasteiger partial charge in [0.2, 0.25) is 11.3 Å². The third-order valence-electron chi connectivity index (χ3n) is 1.65. The molecule has 0 unspecified atom stereocenters. The molecule has 0 aromatic carbocycles. The van der Waals surface area contributed by atoms with E-state index in [-0.39, 0.29) is 5.56 Å². The zero-order valence-electron chi connectivity index (χ0n) is 7.81. The third kappa shape index (κ3) is 2.75. The van der Waals surface area contributed by atoms with Gasteiger partial charge in [0, 0.05) is 11.8 Å². The fourth-order valence-electron chi connectivity index (χ4n) is 0.987. The van der Waals surface area contributed by atoms with E-state index in [0.29, 0.717) is 0 Å². The molecule has 0 bridgehead atoms. The van der Waals surface area contributed by atoms with Crippen LogP contribution in [-0.4, -0.2) is 16.6 Å². The summed E-state index contributed by atoms with van der Waals surface area (Å²) in [5.41, 5.74) is -1.71. The minimum Gasteiger partial charge on any atom is -0.389 e. The Balaban J connectivity index is 3.36. The first kappa shape index (κ1) is 12.6. The first-order valence-electron chi connectivity index (χ1n) is 3.90. The molecule has 1 heterocycles. The second-order valence-corrected chi connectivity index (χ2v) is 3.17. The van der Waals surface area contributed by atoms with E-state index >= 15 is 0 Å². The van der Waals surface area contributed by atoms with E-state index in [1.54, 1.807) is 0 Å². The molecule has 1 aromatic rings. The quantitative estimate of drug-likeness (QED) is 0.822. The smallest absolute Gasteiger partial charge is 0.389 e. The van der Waals surface area contributed by atoms with Crippen molar-refractivity contribution < 1.29 is 22.7 Å². The summed E-state index contributed by atoms with van der Waals surface area (Å²) in [5, 5.41) is -1.32. The SMILES string of the molecule is Cc1c[nH]c(OC(F)(F)F)c(C(=O)Cl)c1=O. The van der Waals surface area contributed by atoms with Crippen molar-refractivity contribution >= 4 is 16.8 Å². The standard InChI is InChI=1S/C8H5ClF3NO3/c1-3-2-13-7(16-8(10,11)12)4(5(3)14)6(9)15/h2H,1H3,(H,13,14). The van der Waals surface area contributed by atoms with Crippen LogP contribution in [0.5, 0.6) is 5.88 Å². The molecule has 16 heavy (non-hydrogen) atoms. The van der Waals surface area contributed by atoms with Crippen molar-refractivity contribution in [1.29, 1.82) is 0 Å². The number of alkyl halides is 3. The summed E-state index contributed by atoms with van der Waals surface area (Å²) in [6, 6.07) is 0. The predicted octanol–water partition coefficient (Wildman–Crippen LogP) is 1.96. The van der Waals surface area contributed by atoms with E-state index in [1.807, 2.05) is 4.98 Å². The molecule has 0 aliphatic rings. The molecule has 88 valence electrons. The number of H-pyrrole nitrogens is 1. The molecule has 0 saturated heterocycles. The Kier molecular flexibility index (Phi) is 3.27. The number of nitrogens with one attached hydrogen (secondary N) is 1. The van der Waals surface area contributed by atoms with E-state index in [2.05, 4.69) is 4.74 Å². The highest BCUT2D eigenvalue weighted by atomic mass is 35.5. The second kappa shape index (κ2) is 4.17. The third-order valence-corrected chi connectivity index (χ3v) is 1.84. The van der Waals surface area contributed by atoms with Gasteiger partial charge in [0.15, 0.2) is 0 Å². The minimum atomic E-state index is -5.01. The predicted molar refractivity (Wildman–Crippen MR) is 48.7 cm³/mol. The van der Waals surface area contributed by atoms with Crippen LogP contribution in [0.2, 0.25) is 0 Å². The van der Waals surface area contributed by atoms with Crippen LogP contribution in [0, 0.1) is 6.92 Å². The Morgan fingerprint density at radius 2 is 2.06 bits per heavy atom. The number of ether oxygens (including phenoxy) is 1. The van der Waals surface area contributed by atoms with Gasteiger partial charge in [0.05, 0.1) is 0 Å². The Morgan fingerprint density at radius 1 is 1.50 bits per heavy atom. The van der Waals surface area contributed by atoms with Crippen LogP contribution < -0.4 is 10.2 Å². The van der Waals surface area contributed by atoms with Crippen molar-refractivity contribution in [3.05, 3.63) is 27.5 Å². The number of pyridine rings is 1. The first-order valence-corrected chi connectivity index (χ1v) is 4.28. The molecule has 1 N–H and O–H groups in total. The van der Waals surface area contributed by atoms with Crippen LogP contribution in [0.1, 0.15) is 15.9 Å². The normalized spacial score (nSPS) is 11.3. The molecule has 1 aromatic heterocycles. The Hall–Kier alpha value is -1.50. The lowest BCUT2D eigenvalue weighted by atomic mass is 10.2. The molecule has 4 nitrogen and oxygen atoms in total. The maximum atomic E-state index is 11.9. The maximum absolute atomic E-state index is 11.9. The van der Waals surface area contributed by atoms with Crippen LogP contribution in [0.3, 0.4) is 0 Å². The summed E-state index contributed by atoms with van der Waals surface area (Å²) in [6.45, 7) is 1.32. The van der Waals surface area contributed by atoms with Crippen molar-refractivity contribution in [2.45, 2.75) is 13.3 Å². The molecular weight excluding hydrogens is 251 g/mol. The van der Waals surface area contributed by atoms with Gasteiger partial charge < -0.3 is 9.72 Å². The average molecular weight is 256 g/mol. The van der Waals surface area contributed by atoms with E-state index in [4.69, 9.17) is 11.6 Å². The Labute approximate surface area is 92.0 Å². The lowest BCUT2D eigenvalue weighted by molar-refractivity contribution is -0.276. The molecular formula is C8H5ClF3NO3. The number of carbonyl (C=O) groups excluding carboxylic acids is 1. The number of aryl methyl sites for hydroxylation is 1. The Morgan fingerprint density at radius 3 is 2.50 bits per heavy atom. The van der Waals surface area contributed by atoms with Crippen molar-refractivity contribution in [2.75, 3.05) is 0 Å². The van der Waals surface area contributed by atoms with Crippen molar-refractivity contribution in [3.63, 3.8) is 0 Å². The molecule has 0 amide bonds. The number of rotatable bonds is 2. The van der Waals surface area contributed by atoms with Crippen molar-refractivity contribution in [1.82, 2.24) is 4.98 Å². The first-order chi connectivity index (χ1) is 7.22. The molecule has 0 aliphatic carbocycles. The topological polar surface area (TPSA) is 59.2 Å². The zero-order chi connectivity index (χ0) is 12.5. The molecule has 0 spiro atoms. The number of aromatic amines is 1. The van der Waals surface area contributed by atoms with Gasteiger partial charge in [-0.1, -0.05) is 0 Å². The highest BCUT2D eigenvalue weighted by Gasteiger charge is 2.34. The second-order valence-electron chi connectivity index (χ2n) is 2.83. The van der Waals surface area contributed by atoms with Gasteiger partial charge >= 0.3 is 6.36 Å². The molecule has 0 radical (unpaired) electrons. The molecule has 0 saturated carbocycles. The average Bonchev–Trinajstić information content (AvgIpc) is 2.08. The highest BCUT2D eigenvalue weighted by Crippen LogP contribution is 2.23. The van der Waals surface area contributed by atoms with Gasteiger partial charge in [0.25, 0.3) is 5.24 Å². The van der Waals surface area contributed by atoms with Crippen molar-refractivity contribution in [3.8, 4) is 5.88 Å². The van der Waals surface area contributed by atoms with Gasteiger partial charge in [-0.05, 0) is 18.5 Å². The summed E-state index contributed by atoms with van der Waals surface area (Å²) in [7, 11) is 0. The minimum absolute atomic E-state index is 0.0542. The fourth-order valence-corrected chi connectivity index (χ4v) is 1.16. The molecule has 0 fully saturated rings. The molecule has 0 atom stereocenters. The number of halogens is 4. The largest absolute Gasteiger partial charge is 0.574 e. The number of hydrogen-bond acceptors (Lipinski definition) is 3. The zero-order valence-corrected chi connectivity index (χ0v) is 8.57. The van der Waals surface area contributed by atoms with E-state index in [9.17, 15) is 22.8 Å². The van der Waals surface area contributed by atoms with Crippen LogP contribution >= 0.6 is 11.6 Å². The molecule has 0 aliphatic heterocycles. The lowest BCUT2D eigenvalue weighted by Gasteiger charge is -2.10. The van der Waals surface area contributed by atoms with Crippen LogP contribution in [-0.2, 0) is 0 Å². The maximum Gasteiger partial charge on any atom is 0.574 e. The number of aromatic nitrogens is 1. The summed E-state index contributed by atoms with van der Waals surface area (Å²) >= 11 is 5.01. The Bertz CT molecular complexity index is 480. The van der Waals surface area contributed by atoms with Crippen LogP contribution in [0.15, 0.2) is 11.0 Å². The fraction of sp³-hybridized carbons (Fsp3) is 0.250. The molecule has 8 heteroatoms. The van der Waals surface area contributed by atoms with Gasteiger partial charge in [-0.25, -0.2) is 0 Å². The van der Waals surface area contributed by atoms with E-state index in [0.717, 1.165) is 6.20 Å². The summed E-state index contributed by atoms with van der Waals surface area (Å²) in [5.74, 6) is -1.01. The summed E-state index contributed by atoms with van der Waals surface area (Å²) < 4.78 is 39.2. The summed E-state index contributed by atoms with van der Waals surface area (Å²) in [4.78, 5) is 24.2. The lowest BCUT2D eigenvalue weighted by Crippen LogP contribution is -2.24. The number of hydrogen-bond donors (Lipinski definition) is 1. The number of carbonyl (C=O) groups is 1. The van der Waals surface area contributed by atoms with Gasteiger partial charge in [-0.3, -0.25) is 9.59 Å². The van der Waals surface area contributed by atoms with Crippen molar-refractivity contribution in [2.24, 2.45) is 0 Å².